The van der Waals surface area contributed by atoms with Crippen LogP contribution in [0.4, 0.5) is 10.8 Å². The van der Waals surface area contributed by atoms with Gasteiger partial charge in [0, 0.05) is 43.8 Å². The second-order valence-electron chi connectivity index (χ2n) is 7.53. The van der Waals surface area contributed by atoms with Crippen molar-refractivity contribution in [2.45, 2.75) is 17.7 Å². The van der Waals surface area contributed by atoms with Crippen molar-refractivity contribution in [3.8, 4) is 11.3 Å². The third kappa shape index (κ3) is 4.95. The van der Waals surface area contributed by atoms with Gasteiger partial charge in [-0.25, -0.2) is 13.4 Å². The van der Waals surface area contributed by atoms with Gasteiger partial charge in [-0.15, -0.1) is 11.3 Å². The maximum Gasteiger partial charge on any atom is 0.243 e. The van der Waals surface area contributed by atoms with Crippen LogP contribution in [0.15, 0.2) is 63.9 Å². The lowest BCUT2D eigenvalue weighted by molar-refractivity contribution is 0.477. The highest BCUT2D eigenvalue weighted by Crippen LogP contribution is 2.28. The molecule has 0 radical (unpaired) electrons. The highest BCUT2D eigenvalue weighted by atomic mass is 32.2. The van der Waals surface area contributed by atoms with E-state index in [0.29, 0.717) is 23.1 Å². The first-order valence-corrected chi connectivity index (χ1v) is 12.4. The van der Waals surface area contributed by atoms with Crippen molar-refractivity contribution in [3.05, 3.63) is 59.5 Å². The third-order valence-electron chi connectivity index (χ3n) is 5.12. The first-order valence-electron chi connectivity index (χ1n) is 10.1. The van der Waals surface area contributed by atoms with Crippen molar-refractivity contribution >= 4 is 38.4 Å². The van der Waals surface area contributed by atoms with E-state index < -0.39 is 10.0 Å². The van der Waals surface area contributed by atoms with Crippen LogP contribution >= 0.6 is 11.3 Å². The van der Waals surface area contributed by atoms with E-state index in [4.69, 9.17) is 0 Å². The van der Waals surface area contributed by atoms with Crippen LogP contribution in [-0.4, -0.2) is 51.1 Å². The van der Waals surface area contributed by atoms with E-state index in [1.807, 2.05) is 54.7 Å². The quantitative estimate of drug-likeness (QED) is 0.429. The molecule has 0 bridgehead atoms. The van der Waals surface area contributed by atoms with Crippen LogP contribution in [0.1, 0.15) is 18.4 Å². The lowest BCUT2D eigenvalue weighted by Gasteiger charge is -2.15. The maximum atomic E-state index is 12.8. The number of aromatic nitrogens is 1. The first kappa shape index (κ1) is 21.5. The van der Waals surface area contributed by atoms with Gasteiger partial charge in [-0.3, -0.25) is 5.43 Å². The van der Waals surface area contributed by atoms with Crippen LogP contribution in [-0.2, 0) is 10.0 Å². The summed E-state index contributed by atoms with van der Waals surface area (Å²) >= 11 is 1.42. The molecule has 1 saturated heterocycles. The zero-order valence-corrected chi connectivity index (χ0v) is 19.2. The summed E-state index contributed by atoms with van der Waals surface area (Å²) in [5, 5.41) is 6.80. The second kappa shape index (κ2) is 9.17. The molecule has 1 aliphatic rings. The molecule has 0 spiro atoms. The van der Waals surface area contributed by atoms with Gasteiger partial charge < -0.3 is 4.90 Å². The van der Waals surface area contributed by atoms with E-state index in [1.54, 1.807) is 28.7 Å². The number of sulfonamides is 1. The van der Waals surface area contributed by atoms with Crippen molar-refractivity contribution in [1.29, 1.82) is 0 Å². The Balaban J connectivity index is 1.45. The first-order chi connectivity index (χ1) is 14.9. The Morgan fingerprint density at radius 2 is 1.87 bits per heavy atom. The topological polar surface area (TPSA) is 77.9 Å². The van der Waals surface area contributed by atoms with Gasteiger partial charge >= 0.3 is 0 Å². The van der Waals surface area contributed by atoms with Crippen LogP contribution in [0.25, 0.3) is 11.3 Å². The fourth-order valence-electron chi connectivity index (χ4n) is 3.37. The predicted octanol–water partition coefficient (Wildman–Crippen LogP) is 4.11. The molecule has 0 amide bonds. The summed E-state index contributed by atoms with van der Waals surface area (Å²) in [5.41, 5.74) is 6.55. The molecule has 0 atom stereocenters. The smallest absolute Gasteiger partial charge is 0.243 e. The molecular formula is C22H25N5O2S2. The number of nitrogens with zero attached hydrogens (tertiary/aromatic N) is 4. The Bertz CT molecular complexity index is 1160. The minimum absolute atomic E-state index is 0.314. The van der Waals surface area contributed by atoms with Crippen molar-refractivity contribution in [3.63, 3.8) is 0 Å². The number of anilines is 2. The summed E-state index contributed by atoms with van der Waals surface area (Å²) in [6.45, 7) is 1.18. The maximum absolute atomic E-state index is 12.8. The van der Waals surface area contributed by atoms with E-state index in [1.165, 1.54) is 11.3 Å². The van der Waals surface area contributed by atoms with Gasteiger partial charge in [0.05, 0.1) is 16.8 Å². The molecule has 2 heterocycles. The van der Waals surface area contributed by atoms with Crippen molar-refractivity contribution < 1.29 is 8.42 Å². The Hall–Kier alpha value is -2.75. The molecule has 4 rings (SSSR count). The van der Waals surface area contributed by atoms with Crippen LogP contribution in [0.2, 0.25) is 0 Å². The van der Waals surface area contributed by atoms with E-state index in [0.717, 1.165) is 35.3 Å². The Labute approximate surface area is 187 Å². The molecule has 162 valence electrons. The molecule has 0 unspecified atom stereocenters. The molecular weight excluding hydrogens is 430 g/mol. The molecule has 2 aromatic carbocycles. The average Bonchev–Trinajstić information content (AvgIpc) is 3.47. The van der Waals surface area contributed by atoms with Crippen LogP contribution in [0, 0.1) is 0 Å². The molecule has 1 aliphatic heterocycles. The number of hydrazone groups is 1. The standard InChI is InChI=1S/C22H25N5O2S2/c1-26(2)19-10-8-17(9-11-19)15-23-25-22-24-21(16-30-22)18-6-5-7-20(14-18)31(28,29)27-12-3-4-13-27/h5-11,14-16H,3-4,12-13H2,1-2H3,(H,24,25). The van der Waals surface area contributed by atoms with Gasteiger partial charge in [0.15, 0.2) is 0 Å². The summed E-state index contributed by atoms with van der Waals surface area (Å²) < 4.78 is 27.2. The monoisotopic (exact) mass is 455 g/mol. The molecule has 31 heavy (non-hydrogen) atoms. The fourth-order valence-corrected chi connectivity index (χ4v) is 5.60. The average molecular weight is 456 g/mol. The van der Waals surface area contributed by atoms with Gasteiger partial charge in [0.25, 0.3) is 0 Å². The lowest BCUT2D eigenvalue weighted by atomic mass is 10.2. The number of benzene rings is 2. The summed E-state index contributed by atoms with van der Waals surface area (Å²) in [6.07, 6.45) is 3.57. The van der Waals surface area contributed by atoms with Crippen LogP contribution in [0.5, 0.6) is 0 Å². The third-order valence-corrected chi connectivity index (χ3v) is 7.76. The van der Waals surface area contributed by atoms with Crippen molar-refractivity contribution in [2.75, 3.05) is 37.5 Å². The summed E-state index contributed by atoms with van der Waals surface area (Å²) in [4.78, 5) is 6.91. The molecule has 1 N–H and O–H groups in total. The number of nitrogens with one attached hydrogen (secondary N) is 1. The van der Waals surface area contributed by atoms with Crippen LogP contribution < -0.4 is 10.3 Å². The predicted molar refractivity (Wildman–Crippen MR) is 128 cm³/mol. The SMILES string of the molecule is CN(C)c1ccc(C=NNc2nc(-c3cccc(S(=O)(=O)N4CCCC4)c3)cs2)cc1. The normalized spacial score (nSPS) is 14.9. The van der Waals surface area contributed by atoms with E-state index in [-0.39, 0.29) is 0 Å². The van der Waals surface area contributed by atoms with Gasteiger partial charge in [0.2, 0.25) is 15.2 Å². The minimum Gasteiger partial charge on any atom is -0.378 e. The Kier molecular flexibility index (Phi) is 6.35. The molecule has 0 saturated carbocycles. The highest BCUT2D eigenvalue weighted by molar-refractivity contribution is 7.89. The summed E-state index contributed by atoms with van der Waals surface area (Å²) in [6, 6.07) is 15.0. The lowest BCUT2D eigenvalue weighted by Crippen LogP contribution is -2.27. The van der Waals surface area contributed by atoms with Gasteiger partial charge in [-0.05, 0) is 42.7 Å². The summed E-state index contributed by atoms with van der Waals surface area (Å²) in [5.74, 6) is 0. The molecule has 9 heteroatoms. The molecule has 7 nitrogen and oxygen atoms in total. The Morgan fingerprint density at radius 1 is 1.13 bits per heavy atom. The van der Waals surface area contributed by atoms with E-state index in [9.17, 15) is 8.42 Å². The highest BCUT2D eigenvalue weighted by Gasteiger charge is 2.27. The largest absolute Gasteiger partial charge is 0.378 e. The van der Waals surface area contributed by atoms with E-state index >= 15 is 0 Å². The molecule has 1 fully saturated rings. The number of thiazole rings is 1. The fraction of sp³-hybridized carbons (Fsp3) is 0.273. The van der Waals surface area contributed by atoms with Gasteiger partial charge in [-0.1, -0.05) is 24.3 Å². The number of hydrogen-bond acceptors (Lipinski definition) is 7. The minimum atomic E-state index is -3.45. The van der Waals surface area contributed by atoms with Crippen molar-refractivity contribution in [1.82, 2.24) is 9.29 Å². The van der Waals surface area contributed by atoms with Crippen molar-refractivity contribution in [2.24, 2.45) is 5.10 Å². The Morgan fingerprint density at radius 3 is 2.58 bits per heavy atom. The van der Waals surface area contributed by atoms with E-state index in [2.05, 4.69) is 15.5 Å². The van der Waals surface area contributed by atoms with Gasteiger partial charge in [0.1, 0.15) is 0 Å². The molecule has 1 aromatic heterocycles. The molecule has 0 aliphatic carbocycles. The second-order valence-corrected chi connectivity index (χ2v) is 10.3. The summed E-state index contributed by atoms with van der Waals surface area (Å²) in [7, 11) is 0.555. The zero-order valence-electron chi connectivity index (χ0n) is 17.5. The van der Waals surface area contributed by atoms with Crippen LogP contribution in [0.3, 0.4) is 0 Å². The zero-order chi connectivity index (χ0) is 21.8. The number of rotatable bonds is 7. The van der Waals surface area contributed by atoms with Gasteiger partial charge in [-0.2, -0.15) is 9.41 Å². The number of hydrogen-bond donors (Lipinski definition) is 1. The molecule has 3 aromatic rings.